The first-order valence-corrected chi connectivity index (χ1v) is 8.02. The molecule has 0 unspecified atom stereocenters. The molecule has 1 saturated heterocycles. The van der Waals surface area contributed by atoms with E-state index in [1.807, 2.05) is 25.1 Å². The van der Waals surface area contributed by atoms with Crippen molar-refractivity contribution in [2.45, 2.75) is 6.92 Å². The van der Waals surface area contributed by atoms with Gasteiger partial charge in [0, 0.05) is 49.9 Å². The van der Waals surface area contributed by atoms with Crippen molar-refractivity contribution in [3.05, 3.63) is 42.2 Å². The third kappa shape index (κ3) is 3.99. The fourth-order valence-electron chi connectivity index (χ4n) is 2.68. The van der Waals surface area contributed by atoms with E-state index in [-0.39, 0.29) is 5.91 Å². The molecule has 1 aromatic heterocycles. The van der Waals surface area contributed by atoms with Gasteiger partial charge in [-0.15, -0.1) is 0 Å². The number of nitrogen functional groups attached to an aromatic ring is 1. The zero-order chi connectivity index (χ0) is 16.9. The Morgan fingerprint density at radius 3 is 2.58 bits per heavy atom. The summed E-state index contributed by atoms with van der Waals surface area (Å²) in [7, 11) is 0. The predicted molar refractivity (Wildman–Crippen MR) is 94.9 cm³/mol. The lowest BCUT2D eigenvalue weighted by atomic mass is 10.2. The van der Waals surface area contributed by atoms with Crippen molar-refractivity contribution in [2.24, 2.45) is 0 Å². The number of piperazine rings is 1. The maximum absolute atomic E-state index is 12.2. The van der Waals surface area contributed by atoms with Gasteiger partial charge in [-0.3, -0.25) is 9.69 Å². The van der Waals surface area contributed by atoms with Crippen LogP contribution in [0, 0.1) is 6.92 Å². The summed E-state index contributed by atoms with van der Waals surface area (Å²) in [5.41, 5.74) is 8.30. The van der Waals surface area contributed by atoms with E-state index < -0.39 is 0 Å². The molecule has 2 heterocycles. The molecule has 3 N–H and O–H groups in total. The highest BCUT2D eigenvalue weighted by Crippen LogP contribution is 2.17. The molecule has 1 fully saturated rings. The molecular weight excluding hydrogens is 304 g/mol. The third-order valence-electron chi connectivity index (χ3n) is 4.14. The quantitative estimate of drug-likeness (QED) is 0.819. The minimum Gasteiger partial charge on any atom is -0.398 e. The number of aromatic nitrogens is 2. The van der Waals surface area contributed by atoms with Crippen molar-refractivity contribution in [3.63, 3.8) is 0 Å². The third-order valence-corrected chi connectivity index (χ3v) is 4.14. The summed E-state index contributed by atoms with van der Waals surface area (Å²) in [6.07, 6.45) is 3.49. The average Bonchev–Trinajstić information content (AvgIpc) is 2.59. The highest BCUT2D eigenvalue weighted by molar-refractivity contribution is 5.92. The number of rotatable bonds is 4. The second-order valence-corrected chi connectivity index (χ2v) is 5.93. The lowest BCUT2D eigenvalue weighted by molar-refractivity contribution is -0.117. The van der Waals surface area contributed by atoms with E-state index in [0.29, 0.717) is 12.2 Å². The molecule has 126 valence electrons. The largest absolute Gasteiger partial charge is 0.398 e. The minimum atomic E-state index is -0.0253. The number of carbonyl (C=O) groups is 1. The predicted octanol–water partition coefficient (Wildman–Crippen LogP) is 1.13. The van der Waals surface area contributed by atoms with Crippen LogP contribution >= 0.6 is 0 Å². The molecule has 7 heteroatoms. The number of hydrogen-bond acceptors (Lipinski definition) is 6. The number of carbonyl (C=O) groups excluding carboxylic acids is 1. The van der Waals surface area contributed by atoms with Crippen molar-refractivity contribution in [3.8, 4) is 0 Å². The Kier molecular flexibility index (Phi) is 4.90. The van der Waals surface area contributed by atoms with Crippen LogP contribution in [0.1, 0.15) is 5.56 Å². The van der Waals surface area contributed by atoms with Crippen molar-refractivity contribution < 1.29 is 4.79 Å². The lowest BCUT2D eigenvalue weighted by Crippen LogP contribution is -2.49. The van der Waals surface area contributed by atoms with Crippen molar-refractivity contribution in [2.75, 3.05) is 48.7 Å². The molecule has 0 aliphatic carbocycles. The molecule has 3 rings (SSSR count). The number of nitrogens with two attached hydrogens (primary N) is 1. The van der Waals surface area contributed by atoms with Gasteiger partial charge >= 0.3 is 0 Å². The van der Waals surface area contributed by atoms with Gasteiger partial charge in [0.25, 0.3) is 0 Å². The molecule has 0 saturated carbocycles. The Bertz CT molecular complexity index is 697. The van der Waals surface area contributed by atoms with Gasteiger partial charge in [0.1, 0.15) is 0 Å². The number of aryl methyl sites for hydroxylation is 1. The van der Waals surface area contributed by atoms with Gasteiger partial charge in [-0.2, -0.15) is 0 Å². The molecule has 1 aliphatic heterocycles. The van der Waals surface area contributed by atoms with Gasteiger partial charge in [-0.05, 0) is 30.7 Å². The van der Waals surface area contributed by atoms with Crippen molar-refractivity contribution >= 4 is 23.2 Å². The average molecular weight is 326 g/mol. The van der Waals surface area contributed by atoms with E-state index in [2.05, 4.69) is 25.1 Å². The highest BCUT2D eigenvalue weighted by Gasteiger charge is 2.20. The normalized spacial score (nSPS) is 15.3. The van der Waals surface area contributed by atoms with Crippen LogP contribution < -0.4 is 16.0 Å². The maximum Gasteiger partial charge on any atom is 0.238 e. The lowest BCUT2D eigenvalue weighted by Gasteiger charge is -2.34. The van der Waals surface area contributed by atoms with Crippen LogP contribution in [0.4, 0.5) is 17.3 Å². The fourth-order valence-corrected chi connectivity index (χ4v) is 2.68. The first-order valence-electron chi connectivity index (χ1n) is 8.02. The maximum atomic E-state index is 12.2. The van der Waals surface area contributed by atoms with E-state index in [1.54, 1.807) is 18.5 Å². The van der Waals surface area contributed by atoms with Crippen molar-refractivity contribution in [1.82, 2.24) is 14.9 Å². The van der Waals surface area contributed by atoms with Crippen LogP contribution in [0.5, 0.6) is 0 Å². The molecule has 0 radical (unpaired) electrons. The van der Waals surface area contributed by atoms with E-state index in [4.69, 9.17) is 5.73 Å². The highest BCUT2D eigenvalue weighted by atomic mass is 16.2. The van der Waals surface area contributed by atoms with Gasteiger partial charge in [-0.1, -0.05) is 6.07 Å². The first-order chi connectivity index (χ1) is 11.6. The molecule has 0 spiro atoms. The summed E-state index contributed by atoms with van der Waals surface area (Å²) in [5.74, 6) is 0.722. The van der Waals surface area contributed by atoms with Crippen LogP contribution in [0.15, 0.2) is 36.7 Å². The van der Waals surface area contributed by atoms with Crippen LogP contribution in [-0.2, 0) is 4.79 Å². The molecule has 2 aromatic rings. The standard InChI is InChI=1S/C17H22N6O/c1-13-3-4-14(11-15(13)18)21-16(24)12-22-7-9-23(10-8-22)17-19-5-2-6-20-17/h2-6,11H,7-10,12,18H2,1H3,(H,21,24). The van der Waals surface area contributed by atoms with Crippen LogP contribution in [0.2, 0.25) is 0 Å². The second-order valence-electron chi connectivity index (χ2n) is 5.93. The second kappa shape index (κ2) is 7.27. The SMILES string of the molecule is Cc1ccc(NC(=O)CN2CCN(c3ncccn3)CC2)cc1N. The first kappa shape index (κ1) is 16.2. The number of benzene rings is 1. The molecule has 24 heavy (non-hydrogen) atoms. The van der Waals surface area contributed by atoms with Crippen LogP contribution in [0.25, 0.3) is 0 Å². The summed E-state index contributed by atoms with van der Waals surface area (Å²) < 4.78 is 0. The van der Waals surface area contributed by atoms with E-state index in [0.717, 1.165) is 43.4 Å². The van der Waals surface area contributed by atoms with Gasteiger partial charge in [0.15, 0.2) is 0 Å². The molecule has 1 aliphatic rings. The number of nitrogens with zero attached hydrogens (tertiary/aromatic N) is 4. The summed E-state index contributed by atoms with van der Waals surface area (Å²) in [6, 6.07) is 7.37. The molecule has 1 amide bonds. The molecule has 0 atom stereocenters. The molecular formula is C17H22N6O. The number of nitrogens with one attached hydrogen (secondary N) is 1. The summed E-state index contributed by atoms with van der Waals surface area (Å²) in [4.78, 5) is 25.0. The molecule has 0 bridgehead atoms. The van der Waals surface area contributed by atoms with E-state index in [1.165, 1.54) is 0 Å². The molecule has 1 aromatic carbocycles. The Balaban J connectivity index is 1.49. The summed E-state index contributed by atoms with van der Waals surface area (Å²) in [6.45, 7) is 5.56. The Hall–Kier alpha value is -2.67. The Morgan fingerprint density at radius 2 is 1.92 bits per heavy atom. The van der Waals surface area contributed by atoms with Gasteiger partial charge in [0.2, 0.25) is 11.9 Å². The Morgan fingerprint density at radius 1 is 1.21 bits per heavy atom. The van der Waals surface area contributed by atoms with E-state index >= 15 is 0 Å². The van der Waals surface area contributed by atoms with Crippen molar-refractivity contribution in [1.29, 1.82) is 0 Å². The van der Waals surface area contributed by atoms with Gasteiger partial charge in [0.05, 0.1) is 6.54 Å². The summed E-state index contributed by atoms with van der Waals surface area (Å²) >= 11 is 0. The zero-order valence-corrected chi connectivity index (χ0v) is 13.8. The van der Waals surface area contributed by atoms with E-state index in [9.17, 15) is 4.79 Å². The summed E-state index contributed by atoms with van der Waals surface area (Å²) in [5, 5.41) is 2.90. The monoisotopic (exact) mass is 326 g/mol. The topological polar surface area (TPSA) is 87.4 Å². The fraction of sp³-hybridized carbons (Fsp3) is 0.353. The number of anilines is 3. The minimum absolute atomic E-state index is 0.0253. The van der Waals surface area contributed by atoms with Crippen LogP contribution in [0.3, 0.4) is 0 Å². The zero-order valence-electron chi connectivity index (χ0n) is 13.8. The van der Waals surface area contributed by atoms with Gasteiger partial charge < -0.3 is 16.0 Å². The number of amides is 1. The van der Waals surface area contributed by atoms with Crippen LogP contribution in [-0.4, -0.2) is 53.5 Å². The molecule has 7 nitrogen and oxygen atoms in total. The smallest absolute Gasteiger partial charge is 0.238 e. The number of hydrogen-bond donors (Lipinski definition) is 2. The Labute approximate surface area is 141 Å². The van der Waals surface area contributed by atoms with Gasteiger partial charge in [-0.25, -0.2) is 9.97 Å².